The first-order chi connectivity index (χ1) is 6.54. The molecule has 0 aromatic heterocycles. The van der Waals surface area contributed by atoms with E-state index in [0.717, 1.165) is 12.1 Å². The normalized spacial score (nSPS) is 10.3. The molecular weight excluding hydrogens is 229 g/mol. The molecule has 1 aromatic carbocycles. The van der Waals surface area contributed by atoms with Crippen LogP contribution in [0.15, 0.2) is 36.9 Å². The molecule has 0 saturated heterocycles. The average molecular weight is 239 g/mol. The Kier molecular flexibility index (Phi) is 6.87. The molecule has 0 aliphatic rings. The summed E-state index contributed by atoms with van der Waals surface area (Å²) in [7, 11) is 0. The number of rotatable bonds is 4. The Morgan fingerprint density at radius 1 is 1.20 bits per heavy atom. The molecule has 0 spiro atoms. The van der Waals surface area contributed by atoms with Crippen molar-refractivity contribution in [3.63, 3.8) is 0 Å². The van der Waals surface area contributed by atoms with E-state index < -0.39 is 12.4 Å². The Bertz CT molecular complexity index is 310. The van der Waals surface area contributed by atoms with E-state index in [2.05, 4.69) is 11.9 Å². The molecule has 0 amide bonds. The zero-order valence-corrected chi connectivity index (χ0v) is 11.6. The number of halogens is 3. The van der Waals surface area contributed by atoms with Crippen LogP contribution in [-0.2, 0) is 0 Å². The minimum Gasteiger partial charge on any atom is -0.445 e. The van der Waals surface area contributed by atoms with Crippen molar-refractivity contribution in [2.75, 3.05) is 11.9 Å². The van der Waals surface area contributed by atoms with Crippen molar-refractivity contribution < 1.29 is 64.3 Å². The van der Waals surface area contributed by atoms with E-state index in [9.17, 15) is 12.9 Å². The van der Waals surface area contributed by atoms with Crippen molar-refractivity contribution in [2.45, 2.75) is 0 Å². The smallest absolute Gasteiger partial charge is 0.445 e. The quantitative estimate of drug-likeness (QED) is 0.543. The van der Waals surface area contributed by atoms with Gasteiger partial charge in [0, 0.05) is 12.2 Å². The molecule has 0 fully saturated rings. The summed E-state index contributed by atoms with van der Waals surface area (Å²) in [6.07, 6.45) is 1.64. The molecule has 1 rings (SSSR count). The van der Waals surface area contributed by atoms with Gasteiger partial charge in [-0.15, -0.1) is 12.0 Å². The van der Waals surface area contributed by atoms with Gasteiger partial charge >= 0.3 is 58.4 Å². The molecule has 0 aliphatic heterocycles. The fourth-order valence-corrected chi connectivity index (χ4v) is 1.01. The maximum atomic E-state index is 12.2. The van der Waals surface area contributed by atoms with Crippen molar-refractivity contribution in [1.29, 1.82) is 0 Å². The standard InChI is InChI=1S/C9H10BF3N.K/c1-2-7-14-9-5-3-8(4-6-9)10(11,12)13;/h2-6,14H,1,7H2;/q-1;+1. The number of hydrogen-bond donors (Lipinski definition) is 1. The molecule has 1 nitrogen and oxygen atoms in total. The van der Waals surface area contributed by atoms with Gasteiger partial charge < -0.3 is 18.3 Å². The third-order valence-corrected chi connectivity index (χ3v) is 1.74. The van der Waals surface area contributed by atoms with Crippen molar-refractivity contribution in [1.82, 2.24) is 0 Å². The Morgan fingerprint density at radius 2 is 1.73 bits per heavy atom. The average Bonchev–Trinajstić information content (AvgIpc) is 2.14. The second kappa shape index (κ2) is 6.75. The number of hydrogen-bond acceptors (Lipinski definition) is 1. The van der Waals surface area contributed by atoms with E-state index in [1.54, 1.807) is 6.08 Å². The van der Waals surface area contributed by atoms with Crippen molar-refractivity contribution in [3.8, 4) is 0 Å². The van der Waals surface area contributed by atoms with Gasteiger partial charge in [0.15, 0.2) is 0 Å². The van der Waals surface area contributed by atoms with E-state index in [0.29, 0.717) is 12.2 Å². The van der Waals surface area contributed by atoms with E-state index in [4.69, 9.17) is 0 Å². The Hall–Kier alpha value is 0.251. The van der Waals surface area contributed by atoms with Crippen LogP contribution in [0.2, 0.25) is 0 Å². The molecule has 0 radical (unpaired) electrons. The molecule has 0 atom stereocenters. The van der Waals surface area contributed by atoms with Gasteiger partial charge in [0.1, 0.15) is 0 Å². The van der Waals surface area contributed by atoms with Gasteiger partial charge in [0.05, 0.1) is 0 Å². The van der Waals surface area contributed by atoms with Gasteiger partial charge in [0.25, 0.3) is 0 Å². The van der Waals surface area contributed by atoms with Gasteiger partial charge in [-0.05, 0) is 12.1 Å². The second-order valence-corrected chi connectivity index (χ2v) is 2.87. The van der Waals surface area contributed by atoms with Crippen LogP contribution in [0.5, 0.6) is 0 Å². The van der Waals surface area contributed by atoms with Crippen molar-refractivity contribution in [3.05, 3.63) is 36.9 Å². The maximum absolute atomic E-state index is 12.2. The molecule has 15 heavy (non-hydrogen) atoms. The van der Waals surface area contributed by atoms with Crippen LogP contribution in [0, 0.1) is 0 Å². The minimum atomic E-state index is -4.88. The molecule has 1 N–H and O–H groups in total. The van der Waals surface area contributed by atoms with Crippen LogP contribution in [0.25, 0.3) is 0 Å². The molecule has 0 unspecified atom stereocenters. The van der Waals surface area contributed by atoms with Crippen LogP contribution in [-0.4, -0.2) is 13.5 Å². The summed E-state index contributed by atoms with van der Waals surface area (Å²) < 4.78 is 36.6. The number of benzene rings is 1. The van der Waals surface area contributed by atoms with Crippen LogP contribution in [0.3, 0.4) is 0 Å². The monoisotopic (exact) mass is 239 g/mol. The summed E-state index contributed by atoms with van der Waals surface area (Å²) in [5.41, 5.74) is 0.0860. The second-order valence-electron chi connectivity index (χ2n) is 2.87. The van der Waals surface area contributed by atoms with Gasteiger partial charge in [-0.25, -0.2) is 0 Å². The Labute approximate surface area is 130 Å². The maximum Gasteiger partial charge on any atom is 1.00 e. The van der Waals surface area contributed by atoms with E-state index in [-0.39, 0.29) is 51.4 Å². The van der Waals surface area contributed by atoms with Crippen molar-refractivity contribution >= 4 is 18.1 Å². The van der Waals surface area contributed by atoms with Gasteiger partial charge in [-0.1, -0.05) is 18.2 Å². The van der Waals surface area contributed by atoms with E-state index in [1.165, 1.54) is 12.1 Å². The van der Waals surface area contributed by atoms with Crippen LogP contribution >= 0.6 is 0 Å². The molecule has 0 saturated carbocycles. The summed E-state index contributed by atoms with van der Waals surface area (Å²) in [5.74, 6) is 0. The largest absolute Gasteiger partial charge is 1.00 e. The molecule has 0 heterocycles. The molecule has 1 aromatic rings. The first-order valence-electron chi connectivity index (χ1n) is 4.18. The van der Waals surface area contributed by atoms with Gasteiger partial charge in [-0.3, -0.25) is 0 Å². The summed E-state index contributed by atoms with van der Waals surface area (Å²) in [6.45, 7) is -0.851. The zero-order chi connectivity index (χ0) is 10.6. The zero-order valence-electron chi connectivity index (χ0n) is 8.51. The van der Waals surface area contributed by atoms with Gasteiger partial charge in [0.2, 0.25) is 0 Å². The fourth-order valence-electron chi connectivity index (χ4n) is 1.01. The first kappa shape index (κ1) is 15.3. The predicted molar refractivity (Wildman–Crippen MR) is 53.8 cm³/mol. The number of anilines is 1. The molecule has 0 bridgehead atoms. The third kappa shape index (κ3) is 5.22. The Morgan fingerprint density at radius 3 is 2.13 bits per heavy atom. The molecule has 0 aliphatic carbocycles. The Balaban J connectivity index is 0.00000196. The third-order valence-electron chi connectivity index (χ3n) is 1.74. The van der Waals surface area contributed by atoms with Crippen LogP contribution in [0.1, 0.15) is 0 Å². The molecule has 6 heteroatoms. The SMILES string of the molecule is C=CCNc1ccc([B-](F)(F)F)cc1.[K+]. The molecule has 76 valence electrons. The first-order valence-corrected chi connectivity index (χ1v) is 4.18. The van der Waals surface area contributed by atoms with E-state index in [1.807, 2.05) is 0 Å². The van der Waals surface area contributed by atoms with Crippen LogP contribution < -0.4 is 62.2 Å². The predicted octanol–water partition coefficient (Wildman–Crippen LogP) is -0.657. The number of nitrogens with one attached hydrogen (secondary N) is 1. The van der Waals surface area contributed by atoms with Gasteiger partial charge in [-0.2, -0.15) is 0 Å². The topological polar surface area (TPSA) is 12.0 Å². The summed E-state index contributed by atoms with van der Waals surface area (Å²) in [4.78, 5) is 0. The minimum absolute atomic E-state index is 0. The van der Waals surface area contributed by atoms with E-state index >= 15 is 0 Å². The summed E-state index contributed by atoms with van der Waals surface area (Å²) in [6, 6.07) is 4.97. The van der Waals surface area contributed by atoms with Crippen molar-refractivity contribution in [2.24, 2.45) is 0 Å². The summed E-state index contributed by atoms with van der Waals surface area (Å²) in [5, 5.41) is 2.89. The van der Waals surface area contributed by atoms with Crippen LogP contribution in [0.4, 0.5) is 18.6 Å². The molecular formula is C9H10BF3KN. The fraction of sp³-hybridized carbons (Fsp3) is 0.111. The summed E-state index contributed by atoms with van der Waals surface area (Å²) >= 11 is 0.